The van der Waals surface area contributed by atoms with Crippen LogP contribution in [0.15, 0.2) is 0 Å². The molecule has 0 aromatic rings. The van der Waals surface area contributed by atoms with Crippen molar-refractivity contribution in [3.05, 3.63) is 0 Å². The summed E-state index contributed by atoms with van der Waals surface area (Å²) < 4.78 is 0. The van der Waals surface area contributed by atoms with Crippen LogP contribution in [0.1, 0.15) is 58.8 Å². The topological polar surface area (TPSA) is 18.5 Å². The highest BCUT2D eigenvalue weighted by Crippen LogP contribution is 2.20. The van der Waals surface area contributed by atoms with Crippen molar-refractivity contribution in [3.8, 4) is 0 Å². The number of hydrogen-bond acceptors (Lipinski definition) is 3. The monoisotopic (exact) mass is 281 g/mol. The average molecular weight is 281 g/mol. The zero-order valence-corrected chi connectivity index (χ0v) is 13.7. The first-order chi connectivity index (χ1) is 9.79. The normalized spacial score (nSPS) is 26.4. The van der Waals surface area contributed by atoms with E-state index in [-0.39, 0.29) is 0 Å². The molecule has 2 heterocycles. The Bertz CT molecular complexity index is 257. The van der Waals surface area contributed by atoms with Gasteiger partial charge >= 0.3 is 0 Å². The Morgan fingerprint density at radius 3 is 2.85 bits per heavy atom. The molecular formula is C17H35N3. The van der Waals surface area contributed by atoms with Gasteiger partial charge in [0.25, 0.3) is 0 Å². The Morgan fingerprint density at radius 1 is 1.15 bits per heavy atom. The third-order valence-electron chi connectivity index (χ3n) is 5.05. The molecule has 2 unspecified atom stereocenters. The van der Waals surface area contributed by atoms with Gasteiger partial charge < -0.3 is 10.2 Å². The number of rotatable bonds is 8. The Kier molecular flexibility index (Phi) is 7.32. The van der Waals surface area contributed by atoms with Gasteiger partial charge in [0.05, 0.1) is 0 Å². The van der Waals surface area contributed by atoms with Crippen molar-refractivity contribution >= 4 is 0 Å². The molecule has 0 radical (unpaired) electrons. The second-order valence-corrected chi connectivity index (χ2v) is 6.84. The molecule has 0 aromatic heterocycles. The van der Waals surface area contributed by atoms with Crippen molar-refractivity contribution in [1.29, 1.82) is 0 Å². The van der Waals surface area contributed by atoms with E-state index in [1.165, 1.54) is 84.2 Å². The van der Waals surface area contributed by atoms with Gasteiger partial charge in [-0.25, -0.2) is 0 Å². The molecule has 2 aliphatic rings. The van der Waals surface area contributed by atoms with Crippen molar-refractivity contribution < 1.29 is 0 Å². The zero-order valence-electron chi connectivity index (χ0n) is 13.7. The Balaban J connectivity index is 1.58. The maximum atomic E-state index is 3.71. The van der Waals surface area contributed by atoms with E-state index in [2.05, 4.69) is 29.0 Å². The molecule has 0 bridgehead atoms. The van der Waals surface area contributed by atoms with E-state index in [0.717, 1.165) is 6.04 Å². The van der Waals surface area contributed by atoms with E-state index in [1.807, 2.05) is 0 Å². The van der Waals surface area contributed by atoms with Crippen molar-refractivity contribution in [2.45, 2.75) is 70.9 Å². The quantitative estimate of drug-likeness (QED) is 0.690. The Labute approximate surface area is 126 Å². The molecule has 0 saturated carbocycles. The fraction of sp³-hybridized carbons (Fsp3) is 1.00. The third kappa shape index (κ3) is 5.34. The third-order valence-corrected chi connectivity index (χ3v) is 5.05. The van der Waals surface area contributed by atoms with Crippen molar-refractivity contribution in [2.24, 2.45) is 0 Å². The van der Waals surface area contributed by atoms with Crippen LogP contribution in [-0.2, 0) is 0 Å². The van der Waals surface area contributed by atoms with Gasteiger partial charge in [0.2, 0.25) is 0 Å². The van der Waals surface area contributed by atoms with Crippen LogP contribution in [0.5, 0.6) is 0 Å². The summed E-state index contributed by atoms with van der Waals surface area (Å²) in [5, 5.41) is 3.71. The summed E-state index contributed by atoms with van der Waals surface area (Å²) in [4.78, 5) is 5.42. The van der Waals surface area contributed by atoms with E-state index >= 15 is 0 Å². The lowest BCUT2D eigenvalue weighted by Crippen LogP contribution is -2.40. The summed E-state index contributed by atoms with van der Waals surface area (Å²) in [6, 6.07) is 1.55. The van der Waals surface area contributed by atoms with Crippen molar-refractivity contribution in [2.75, 3.05) is 39.3 Å². The molecule has 0 amide bonds. The minimum absolute atomic E-state index is 0.691. The largest absolute Gasteiger partial charge is 0.313 e. The maximum absolute atomic E-state index is 3.71. The van der Waals surface area contributed by atoms with Gasteiger partial charge in [-0.2, -0.15) is 0 Å². The van der Waals surface area contributed by atoms with Crippen molar-refractivity contribution in [1.82, 2.24) is 15.1 Å². The summed E-state index contributed by atoms with van der Waals surface area (Å²) >= 11 is 0. The van der Waals surface area contributed by atoms with Gasteiger partial charge in [-0.3, -0.25) is 4.90 Å². The predicted molar refractivity (Wildman–Crippen MR) is 87.3 cm³/mol. The average Bonchev–Trinajstić information content (AvgIpc) is 2.78. The van der Waals surface area contributed by atoms with Gasteiger partial charge in [0, 0.05) is 31.7 Å². The smallest absolute Gasteiger partial charge is 0.0223 e. The molecule has 3 nitrogen and oxygen atoms in total. The molecule has 2 atom stereocenters. The number of unbranched alkanes of at least 4 members (excludes halogenated alkanes) is 2. The SMILES string of the molecule is CCCCCC(C)NCCN1CCCN2CCCC2C1. The van der Waals surface area contributed by atoms with E-state index < -0.39 is 0 Å². The number of nitrogens with one attached hydrogen (secondary N) is 1. The molecule has 2 aliphatic heterocycles. The summed E-state index contributed by atoms with van der Waals surface area (Å²) in [6.45, 7) is 12.3. The van der Waals surface area contributed by atoms with E-state index in [1.54, 1.807) is 0 Å². The molecule has 1 N–H and O–H groups in total. The van der Waals surface area contributed by atoms with E-state index in [4.69, 9.17) is 0 Å². The Morgan fingerprint density at radius 2 is 2.00 bits per heavy atom. The number of nitrogens with zero attached hydrogens (tertiary/aromatic N) is 2. The summed E-state index contributed by atoms with van der Waals surface area (Å²) in [5.74, 6) is 0. The molecule has 0 spiro atoms. The molecule has 2 rings (SSSR count). The highest BCUT2D eigenvalue weighted by atomic mass is 15.3. The molecule has 2 saturated heterocycles. The minimum Gasteiger partial charge on any atom is -0.313 e. The minimum atomic E-state index is 0.691. The fourth-order valence-electron chi connectivity index (χ4n) is 3.76. The lowest BCUT2D eigenvalue weighted by Gasteiger charge is -2.26. The number of hydrogen-bond donors (Lipinski definition) is 1. The van der Waals surface area contributed by atoms with E-state index in [9.17, 15) is 0 Å². The van der Waals surface area contributed by atoms with E-state index in [0.29, 0.717) is 6.04 Å². The van der Waals surface area contributed by atoms with Crippen LogP contribution < -0.4 is 5.32 Å². The summed E-state index contributed by atoms with van der Waals surface area (Å²) in [6.07, 6.45) is 9.65. The molecule has 2 fully saturated rings. The second-order valence-electron chi connectivity index (χ2n) is 6.84. The van der Waals surface area contributed by atoms with Crippen molar-refractivity contribution in [3.63, 3.8) is 0 Å². The fourth-order valence-corrected chi connectivity index (χ4v) is 3.76. The maximum Gasteiger partial charge on any atom is 0.0223 e. The molecule has 118 valence electrons. The van der Waals surface area contributed by atoms with Gasteiger partial charge in [-0.15, -0.1) is 0 Å². The van der Waals surface area contributed by atoms with Gasteiger partial charge in [-0.05, 0) is 52.2 Å². The first-order valence-electron chi connectivity index (χ1n) is 8.99. The number of fused-ring (bicyclic) bond motifs is 1. The van der Waals surface area contributed by atoms with Gasteiger partial charge in [-0.1, -0.05) is 26.2 Å². The highest BCUT2D eigenvalue weighted by Gasteiger charge is 2.28. The van der Waals surface area contributed by atoms with Gasteiger partial charge in [0.15, 0.2) is 0 Å². The lowest BCUT2D eigenvalue weighted by molar-refractivity contribution is 0.219. The standard InChI is InChI=1S/C17H35N3/c1-3-4-5-8-16(2)18-10-14-19-11-7-13-20-12-6-9-17(20)15-19/h16-18H,3-15H2,1-2H3. The van der Waals surface area contributed by atoms with Crippen LogP contribution in [0.2, 0.25) is 0 Å². The Hall–Kier alpha value is -0.120. The second kappa shape index (κ2) is 9.01. The lowest BCUT2D eigenvalue weighted by atomic mass is 10.1. The van der Waals surface area contributed by atoms with Crippen LogP contribution >= 0.6 is 0 Å². The molecule has 20 heavy (non-hydrogen) atoms. The molecule has 0 aliphatic carbocycles. The van der Waals surface area contributed by atoms with Crippen LogP contribution in [-0.4, -0.2) is 61.2 Å². The first-order valence-corrected chi connectivity index (χ1v) is 8.99. The summed E-state index contributed by atoms with van der Waals surface area (Å²) in [5.41, 5.74) is 0. The predicted octanol–water partition coefficient (Wildman–Crippen LogP) is 2.71. The van der Waals surface area contributed by atoms with Crippen LogP contribution in [0, 0.1) is 0 Å². The van der Waals surface area contributed by atoms with Crippen LogP contribution in [0.3, 0.4) is 0 Å². The van der Waals surface area contributed by atoms with Crippen LogP contribution in [0.25, 0.3) is 0 Å². The summed E-state index contributed by atoms with van der Waals surface area (Å²) in [7, 11) is 0. The molecule has 3 heteroatoms. The first kappa shape index (κ1) is 16.3. The van der Waals surface area contributed by atoms with Crippen LogP contribution in [0.4, 0.5) is 0 Å². The van der Waals surface area contributed by atoms with Gasteiger partial charge in [0.1, 0.15) is 0 Å². The zero-order chi connectivity index (χ0) is 14.2. The molecular weight excluding hydrogens is 246 g/mol. The molecule has 0 aromatic carbocycles. The highest BCUT2D eigenvalue weighted by molar-refractivity contribution is 4.85.